The second-order valence-corrected chi connectivity index (χ2v) is 6.29. The van der Waals surface area contributed by atoms with Crippen LogP contribution in [0.5, 0.6) is 0 Å². The predicted octanol–water partition coefficient (Wildman–Crippen LogP) is 4.18. The Morgan fingerprint density at radius 1 is 1.29 bits per heavy atom. The highest BCUT2D eigenvalue weighted by atomic mass is 35.5. The van der Waals surface area contributed by atoms with Gasteiger partial charge in [0.2, 0.25) is 0 Å². The molecular formula is C16H11ClF3N5O3. The number of nitrogens with zero attached hydrogens (tertiary/aromatic N) is 4. The summed E-state index contributed by atoms with van der Waals surface area (Å²) in [6.45, 7) is 2.97. The molecule has 1 amide bonds. The van der Waals surface area contributed by atoms with Crippen LogP contribution in [0, 0.1) is 24.0 Å². The molecule has 8 nitrogen and oxygen atoms in total. The van der Waals surface area contributed by atoms with Crippen molar-refractivity contribution in [1.29, 1.82) is 0 Å². The van der Waals surface area contributed by atoms with E-state index in [1.54, 1.807) is 6.92 Å². The molecular weight excluding hydrogens is 403 g/mol. The van der Waals surface area contributed by atoms with Crippen LogP contribution in [0.4, 0.5) is 24.5 Å². The molecule has 12 heteroatoms. The van der Waals surface area contributed by atoms with E-state index in [9.17, 15) is 28.1 Å². The van der Waals surface area contributed by atoms with Crippen LogP contribution in [-0.4, -0.2) is 25.4 Å². The predicted molar refractivity (Wildman–Crippen MR) is 93.5 cm³/mol. The van der Waals surface area contributed by atoms with Crippen LogP contribution >= 0.6 is 11.6 Å². The van der Waals surface area contributed by atoms with Gasteiger partial charge in [0.25, 0.3) is 11.6 Å². The summed E-state index contributed by atoms with van der Waals surface area (Å²) >= 11 is 6.03. The van der Waals surface area contributed by atoms with E-state index in [0.717, 1.165) is 6.07 Å². The average Bonchev–Trinajstić information content (AvgIpc) is 2.91. The molecule has 3 rings (SSSR count). The van der Waals surface area contributed by atoms with Crippen molar-refractivity contribution in [2.75, 3.05) is 5.32 Å². The van der Waals surface area contributed by atoms with E-state index in [2.05, 4.69) is 15.4 Å². The highest BCUT2D eigenvalue weighted by Crippen LogP contribution is 2.33. The van der Waals surface area contributed by atoms with Crippen molar-refractivity contribution in [2.45, 2.75) is 20.0 Å². The zero-order valence-electron chi connectivity index (χ0n) is 14.3. The van der Waals surface area contributed by atoms with Gasteiger partial charge in [0, 0.05) is 11.8 Å². The second kappa shape index (κ2) is 6.75. The number of nitro benzene ring substituents is 1. The van der Waals surface area contributed by atoms with Crippen LogP contribution in [-0.2, 0) is 6.18 Å². The first-order valence-corrected chi connectivity index (χ1v) is 8.06. The maximum atomic E-state index is 13.3. The van der Waals surface area contributed by atoms with Crippen LogP contribution in [0.3, 0.4) is 0 Å². The van der Waals surface area contributed by atoms with E-state index in [1.165, 1.54) is 25.1 Å². The molecule has 1 N–H and O–H groups in total. The fourth-order valence-electron chi connectivity index (χ4n) is 2.54. The van der Waals surface area contributed by atoms with Gasteiger partial charge in [-0.3, -0.25) is 14.9 Å². The summed E-state index contributed by atoms with van der Waals surface area (Å²) < 4.78 is 40.2. The zero-order valence-corrected chi connectivity index (χ0v) is 15.1. The third kappa shape index (κ3) is 3.48. The van der Waals surface area contributed by atoms with Gasteiger partial charge in [0.15, 0.2) is 11.3 Å². The van der Waals surface area contributed by atoms with Crippen LogP contribution in [0.25, 0.3) is 5.65 Å². The number of anilines is 1. The number of halogens is 4. The molecule has 1 aromatic carbocycles. The number of alkyl halides is 3. The number of benzene rings is 1. The van der Waals surface area contributed by atoms with E-state index in [4.69, 9.17) is 11.6 Å². The lowest BCUT2D eigenvalue weighted by atomic mass is 10.2. The minimum atomic E-state index is -4.76. The van der Waals surface area contributed by atoms with E-state index in [-0.39, 0.29) is 22.7 Å². The standard InChI is InChI=1S/C16H11ClF3N5O3/c1-7-3-4-9(10(5-7)25(27)28)22-15(26)13-12(17)14-21-8(2)6-11(16(18,19)20)24(14)23-13/h3-6H,1-2H3,(H,22,26). The molecule has 0 radical (unpaired) electrons. The molecule has 146 valence electrons. The number of nitrogens with one attached hydrogen (secondary N) is 1. The Kier molecular flexibility index (Phi) is 4.71. The third-order valence-corrected chi connectivity index (χ3v) is 4.11. The van der Waals surface area contributed by atoms with Gasteiger partial charge in [-0.15, -0.1) is 0 Å². The van der Waals surface area contributed by atoms with E-state index < -0.39 is 33.4 Å². The van der Waals surface area contributed by atoms with Crippen molar-refractivity contribution in [3.8, 4) is 0 Å². The first-order chi connectivity index (χ1) is 13.0. The summed E-state index contributed by atoms with van der Waals surface area (Å²) in [5.41, 5.74) is -1.95. The molecule has 0 saturated heterocycles. The highest BCUT2D eigenvalue weighted by Gasteiger charge is 2.36. The molecule has 0 bridgehead atoms. The van der Waals surface area contributed by atoms with Crippen molar-refractivity contribution in [1.82, 2.24) is 14.6 Å². The molecule has 3 aromatic rings. The van der Waals surface area contributed by atoms with Gasteiger partial charge in [-0.2, -0.15) is 18.3 Å². The quantitative estimate of drug-likeness (QED) is 0.512. The second-order valence-electron chi connectivity index (χ2n) is 5.91. The number of hydrogen-bond donors (Lipinski definition) is 1. The number of carbonyl (C=O) groups excluding carboxylic acids is 1. The fraction of sp³-hybridized carbons (Fsp3) is 0.188. The lowest BCUT2D eigenvalue weighted by Crippen LogP contribution is -2.16. The molecule has 0 unspecified atom stereocenters. The van der Waals surface area contributed by atoms with Gasteiger partial charge in [-0.25, -0.2) is 9.50 Å². The van der Waals surface area contributed by atoms with Crippen molar-refractivity contribution in [3.63, 3.8) is 0 Å². The maximum absolute atomic E-state index is 13.3. The molecule has 0 spiro atoms. The smallest absolute Gasteiger partial charge is 0.315 e. The molecule has 2 aromatic heterocycles. The summed E-state index contributed by atoms with van der Waals surface area (Å²) in [7, 11) is 0. The van der Waals surface area contributed by atoms with Gasteiger partial charge in [-0.1, -0.05) is 17.7 Å². The van der Waals surface area contributed by atoms with Gasteiger partial charge in [0.05, 0.1) is 4.92 Å². The minimum Gasteiger partial charge on any atom is -0.315 e. The van der Waals surface area contributed by atoms with Crippen molar-refractivity contribution in [2.24, 2.45) is 0 Å². The molecule has 28 heavy (non-hydrogen) atoms. The number of rotatable bonds is 3. The first kappa shape index (κ1) is 19.5. The fourth-order valence-corrected chi connectivity index (χ4v) is 2.79. The topological polar surface area (TPSA) is 102 Å². The van der Waals surface area contributed by atoms with Crippen molar-refractivity contribution >= 4 is 34.5 Å². The molecule has 0 fully saturated rings. The van der Waals surface area contributed by atoms with E-state index in [0.29, 0.717) is 10.1 Å². The molecule has 0 aliphatic carbocycles. The summed E-state index contributed by atoms with van der Waals surface area (Å²) in [6, 6.07) is 4.84. The Morgan fingerprint density at radius 2 is 1.96 bits per heavy atom. The van der Waals surface area contributed by atoms with E-state index >= 15 is 0 Å². The summed E-state index contributed by atoms with van der Waals surface area (Å²) in [6.07, 6.45) is -4.76. The van der Waals surface area contributed by atoms with Crippen LogP contribution in [0.2, 0.25) is 5.02 Å². The highest BCUT2D eigenvalue weighted by molar-refractivity contribution is 6.37. The number of nitro groups is 1. The maximum Gasteiger partial charge on any atom is 0.433 e. The van der Waals surface area contributed by atoms with Crippen molar-refractivity contribution in [3.05, 3.63) is 62.0 Å². The van der Waals surface area contributed by atoms with Crippen LogP contribution in [0.15, 0.2) is 24.3 Å². The Hall–Kier alpha value is -3.21. The monoisotopic (exact) mass is 413 g/mol. The number of hydrogen-bond acceptors (Lipinski definition) is 5. The zero-order chi connectivity index (χ0) is 20.8. The number of aryl methyl sites for hydroxylation is 2. The SMILES string of the molecule is Cc1ccc(NC(=O)c2nn3c(C(F)(F)F)cc(C)nc3c2Cl)c([N+](=O)[O-])c1. The lowest BCUT2D eigenvalue weighted by molar-refractivity contribution is -0.384. The number of aromatic nitrogens is 3. The molecule has 0 aliphatic heterocycles. The number of amides is 1. The summed E-state index contributed by atoms with van der Waals surface area (Å²) in [4.78, 5) is 26.9. The normalized spacial score (nSPS) is 11.6. The van der Waals surface area contributed by atoms with Gasteiger partial charge in [-0.05, 0) is 31.5 Å². The average molecular weight is 414 g/mol. The number of carbonyl (C=O) groups is 1. The summed E-state index contributed by atoms with van der Waals surface area (Å²) in [5.74, 6) is -1.01. The Bertz CT molecular complexity index is 1130. The Labute approximate surface area is 160 Å². The summed E-state index contributed by atoms with van der Waals surface area (Å²) in [5, 5.41) is 16.7. The van der Waals surface area contributed by atoms with Gasteiger partial charge >= 0.3 is 6.18 Å². The van der Waals surface area contributed by atoms with E-state index in [1.807, 2.05) is 0 Å². The first-order valence-electron chi connectivity index (χ1n) is 7.68. The lowest BCUT2D eigenvalue weighted by Gasteiger charge is -2.09. The molecule has 0 aliphatic rings. The molecule has 2 heterocycles. The van der Waals surface area contributed by atoms with Crippen molar-refractivity contribution < 1.29 is 22.9 Å². The largest absolute Gasteiger partial charge is 0.433 e. The Balaban J connectivity index is 2.09. The van der Waals surface area contributed by atoms with Gasteiger partial charge < -0.3 is 5.32 Å². The molecule has 0 atom stereocenters. The van der Waals surface area contributed by atoms with Gasteiger partial charge in [0.1, 0.15) is 16.4 Å². The third-order valence-electron chi connectivity index (χ3n) is 3.76. The Morgan fingerprint density at radius 3 is 2.57 bits per heavy atom. The number of fused-ring (bicyclic) bond motifs is 1. The van der Waals surface area contributed by atoms with Crippen LogP contribution < -0.4 is 5.32 Å². The molecule has 0 saturated carbocycles. The minimum absolute atomic E-state index is 0.0303. The van der Waals surface area contributed by atoms with Crippen LogP contribution in [0.1, 0.15) is 27.4 Å².